The lowest BCUT2D eigenvalue weighted by Gasteiger charge is -2.36. The minimum absolute atomic E-state index is 0.0539. The second-order valence-electron chi connectivity index (χ2n) is 7.50. The molecule has 0 unspecified atom stereocenters. The summed E-state index contributed by atoms with van der Waals surface area (Å²) in [4.78, 5) is 21.7. The number of benzene rings is 1. The first-order valence-corrected chi connectivity index (χ1v) is 9.99. The number of hydrogen-bond donors (Lipinski definition) is 2. The number of carbonyl (C=O) groups excluding carboxylic acids is 1. The van der Waals surface area contributed by atoms with Gasteiger partial charge in [0.1, 0.15) is 18.2 Å². The van der Waals surface area contributed by atoms with Crippen LogP contribution in [0, 0.1) is 6.92 Å². The molecule has 7 heteroatoms. The standard InChI is InChI=1S/C21H27N5O2/c1-3-19-23-15-7-4-5-9-17(15)26(19)13-20(27)24-16-8-6-10-18(21(16)28)25-12-11-22-14(25)2/h4-5,7,9,11-12,16,18,21,28H,3,6,8,10,13H2,1-2H3,(H,24,27)/t16-,18-,21-/m1/s1. The molecule has 4 rings (SSSR count). The zero-order chi connectivity index (χ0) is 19.7. The van der Waals surface area contributed by atoms with Crippen LogP contribution in [0.4, 0.5) is 0 Å². The molecule has 7 nitrogen and oxygen atoms in total. The summed E-state index contributed by atoms with van der Waals surface area (Å²) in [6.07, 6.45) is 6.41. The van der Waals surface area contributed by atoms with Gasteiger partial charge in [-0.15, -0.1) is 0 Å². The molecule has 1 amide bonds. The quantitative estimate of drug-likeness (QED) is 0.711. The third kappa shape index (κ3) is 3.42. The van der Waals surface area contributed by atoms with E-state index in [0.29, 0.717) is 0 Å². The number of hydrogen-bond acceptors (Lipinski definition) is 4. The van der Waals surface area contributed by atoms with Crippen molar-refractivity contribution in [2.45, 2.75) is 64.3 Å². The van der Waals surface area contributed by atoms with E-state index < -0.39 is 6.10 Å². The summed E-state index contributed by atoms with van der Waals surface area (Å²) in [5.41, 5.74) is 1.87. The smallest absolute Gasteiger partial charge is 0.240 e. The number of carbonyl (C=O) groups is 1. The van der Waals surface area contributed by atoms with Gasteiger partial charge in [0.15, 0.2) is 0 Å². The molecule has 2 aromatic heterocycles. The van der Waals surface area contributed by atoms with Crippen LogP contribution in [0.15, 0.2) is 36.7 Å². The van der Waals surface area contributed by atoms with Crippen molar-refractivity contribution < 1.29 is 9.90 Å². The number of aromatic nitrogens is 4. The Hall–Kier alpha value is -2.67. The van der Waals surface area contributed by atoms with Crippen LogP contribution in [0.5, 0.6) is 0 Å². The van der Waals surface area contributed by atoms with E-state index in [0.717, 1.165) is 48.4 Å². The lowest BCUT2D eigenvalue weighted by atomic mass is 9.87. The molecular weight excluding hydrogens is 354 g/mol. The van der Waals surface area contributed by atoms with Crippen LogP contribution in [-0.4, -0.2) is 42.3 Å². The Morgan fingerprint density at radius 3 is 2.89 bits per heavy atom. The van der Waals surface area contributed by atoms with Gasteiger partial charge in [-0.1, -0.05) is 19.1 Å². The molecule has 148 valence electrons. The number of fused-ring (bicyclic) bond motifs is 1. The number of para-hydroxylation sites is 2. The Bertz CT molecular complexity index is 976. The van der Waals surface area contributed by atoms with Gasteiger partial charge in [0.2, 0.25) is 5.91 Å². The van der Waals surface area contributed by atoms with Gasteiger partial charge in [0, 0.05) is 18.8 Å². The second-order valence-corrected chi connectivity index (χ2v) is 7.50. The Morgan fingerprint density at radius 2 is 2.14 bits per heavy atom. The summed E-state index contributed by atoms with van der Waals surface area (Å²) in [6.45, 7) is 4.19. The van der Waals surface area contributed by atoms with E-state index in [1.807, 2.05) is 53.4 Å². The fourth-order valence-electron chi connectivity index (χ4n) is 4.32. The number of aryl methyl sites for hydroxylation is 2. The van der Waals surface area contributed by atoms with Crippen LogP contribution in [0.2, 0.25) is 0 Å². The first kappa shape index (κ1) is 18.7. The summed E-state index contributed by atoms with van der Waals surface area (Å²) < 4.78 is 3.99. The molecule has 0 spiro atoms. The van der Waals surface area contributed by atoms with Crippen LogP contribution < -0.4 is 5.32 Å². The number of rotatable bonds is 5. The SMILES string of the molecule is CCc1nc2ccccc2n1CC(=O)N[C@@H]1CCC[C@@H](n2ccnc2C)[C@@H]1O. The predicted molar refractivity (Wildman–Crippen MR) is 107 cm³/mol. The van der Waals surface area contributed by atoms with E-state index in [9.17, 15) is 9.90 Å². The van der Waals surface area contributed by atoms with E-state index in [4.69, 9.17) is 0 Å². The molecular formula is C21H27N5O2. The molecule has 1 saturated carbocycles. The molecule has 28 heavy (non-hydrogen) atoms. The molecule has 1 fully saturated rings. The Kier molecular flexibility index (Phi) is 5.17. The zero-order valence-electron chi connectivity index (χ0n) is 16.4. The maximum absolute atomic E-state index is 12.8. The van der Waals surface area contributed by atoms with E-state index in [-0.39, 0.29) is 24.5 Å². The van der Waals surface area contributed by atoms with Crippen molar-refractivity contribution in [3.63, 3.8) is 0 Å². The molecule has 1 aromatic carbocycles. The highest BCUT2D eigenvalue weighted by Gasteiger charge is 2.34. The van der Waals surface area contributed by atoms with Gasteiger partial charge in [-0.05, 0) is 38.3 Å². The van der Waals surface area contributed by atoms with Crippen molar-refractivity contribution in [1.29, 1.82) is 0 Å². The lowest BCUT2D eigenvalue weighted by molar-refractivity contribution is -0.124. The molecule has 2 N–H and O–H groups in total. The number of amides is 1. The molecule has 0 saturated heterocycles. The number of aliphatic hydroxyl groups excluding tert-OH is 1. The number of imidazole rings is 2. The van der Waals surface area contributed by atoms with E-state index in [1.54, 1.807) is 6.20 Å². The molecule has 0 aliphatic heterocycles. The minimum Gasteiger partial charge on any atom is -0.389 e. The highest BCUT2D eigenvalue weighted by molar-refractivity contribution is 5.81. The maximum Gasteiger partial charge on any atom is 0.240 e. The van der Waals surface area contributed by atoms with Gasteiger partial charge >= 0.3 is 0 Å². The average molecular weight is 381 g/mol. The first-order valence-electron chi connectivity index (χ1n) is 9.99. The third-order valence-electron chi connectivity index (χ3n) is 5.74. The van der Waals surface area contributed by atoms with Crippen LogP contribution >= 0.6 is 0 Å². The molecule has 1 aliphatic rings. The monoisotopic (exact) mass is 381 g/mol. The summed E-state index contributed by atoms with van der Waals surface area (Å²) in [6, 6.07) is 7.56. The molecule has 3 aromatic rings. The van der Waals surface area contributed by atoms with Crippen LogP contribution in [0.25, 0.3) is 11.0 Å². The molecule has 2 heterocycles. The molecule has 0 radical (unpaired) electrons. The normalized spacial score (nSPS) is 22.5. The summed E-state index contributed by atoms with van der Waals surface area (Å²) in [5, 5.41) is 14.0. The third-order valence-corrected chi connectivity index (χ3v) is 5.74. The van der Waals surface area contributed by atoms with Gasteiger partial charge < -0.3 is 19.6 Å². The largest absolute Gasteiger partial charge is 0.389 e. The van der Waals surface area contributed by atoms with Gasteiger partial charge in [-0.3, -0.25) is 4.79 Å². The molecule has 0 bridgehead atoms. The van der Waals surface area contributed by atoms with Crippen molar-refractivity contribution in [3.05, 3.63) is 48.3 Å². The average Bonchev–Trinajstić information content (AvgIpc) is 3.27. The van der Waals surface area contributed by atoms with Crippen LogP contribution in [0.1, 0.15) is 43.9 Å². The fraction of sp³-hybridized carbons (Fsp3) is 0.476. The van der Waals surface area contributed by atoms with E-state index in [1.165, 1.54) is 0 Å². The fourth-order valence-corrected chi connectivity index (χ4v) is 4.32. The van der Waals surface area contributed by atoms with Crippen LogP contribution in [-0.2, 0) is 17.8 Å². The second kappa shape index (κ2) is 7.75. The molecule has 3 atom stereocenters. The van der Waals surface area contributed by atoms with E-state index >= 15 is 0 Å². The topological polar surface area (TPSA) is 85.0 Å². The molecule has 1 aliphatic carbocycles. The predicted octanol–water partition coefficient (Wildman–Crippen LogP) is 2.37. The summed E-state index contributed by atoms with van der Waals surface area (Å²) >= 11 is 0. The van der Waals surface area contributed by atoms with Crippen molar-refractivity contribution in [2.75, 3.05) is 0 Å². The van der Waals surface area contributed by atoms with Crippen molar-refractivity contribution in [2.24, 2.45) is 0 Å². The summed E-state index contributed by atoms with van der Waals surface area (Å²) in [7, 11) is 0. The van der Waals surface area contributed by atoms with E-state index in [2.05, 4.69) is 15.3 Å². The lowest BCUT2D eigenvalue weighted by Crippen LogP contribution is -2.50. The van der Waals surface area contributed by atoms with Crippen LogP contribution in [0.3, 0.4) is 0 Å². The first-order chi connectivity index (χ1) is 13.6. The highest BCUT2D eigenvalue weighted by atomic mass is 16.3. The van der Waals surface area contributed by atoms with Gasteiger partial charge in [0.05, 0.1) is 29.2 Å². The van der Waals surface area contributed by atoms with Crippen molar-refractivity contribution in [1.82, 2.24) is 24.4 Å². The number of aliphatic hydroxyl groups is 1. The maximum atomic E-state index is 12.8. The Morgan fingerprint density at radius 1 is 1.32 bits per heavy atom. The van der Waals surface area contributed by atoms with Gasteiger partial charge in [0.25, 0.3) is 0 Å². The van der Waals surface area contributed by atoms with Crippen molar-refractivity contribution >= 4 is 16.9 Å². The van der Waals surface area contributed by atoms with Gasteiger partial charge in [-0.2, -0.15) is 0 Å². The number of nitrogens with zero attached hydrogens (tertiary/aromatic N) is 4. The zero-order valence-corrected chi connectivity index (χ0v) is 16.4. The van der Waals surface area contributed by atoms with Crippen molar-refractivity contribution in [3.8, 4) is 0 Å². The summed E-state index contributed by atoms with van der Waals surface area (Å²) in [5.74, 6) is 1.69. The highest BCUT2D eigenvalue weighted by Crippen LogP contribution is 2.30. The Balaban J connectivity index is 1.49. The van der Waals surface area contributed by atoms with Gasteiger partial charge in [-0.25, -0.2) is 9.97 Å². The Labute approximate surface area is 164 Å². The minimum atomic E-state index is -0.629. The number of nitrogens with one attached hydrogen (secondary N) is 1.